The minimum absolute atomic E-state index is 0.310. The molecule has 0 unspecified atom stereocenters. The van der Waals surface area contributed by atoms with Crippen molar-refractivity contribution in [3.05, 3.63) is 119 Å². The molecular formula is C39H51FN8. The van der Waals surface area contributed by atoms with Crippen LogP contribution in [0.4, 0.5) is 15.8 Å². The van der Waals surface area contributed by atoms with Gasteiger partial charge in [0, 0.05) is 59.3 Å². The lowest BCUT2D eigenvalue weighted by atomic mass is 9.96. The highest BCUT2D eigenvalue weighted by atomic mass is 19.1. The lowest BCUT2D eigenvalue weighted by molar-refractivity contribution is 0.425. The number of aromatic nitrogens is 4. The monoisotopic (exact) mass is 650 g/mol. The number of halogens is 1. The van der Waals surface area contributed by atoms with E-state index in [0.29, 0.717) is 13.1 Å². The minimum atomic E-state index is -0.310. The highest BCUT2D eigenvalue weighted by Gasteiger charge is 2.16. The van der Waals surface area contributed by atoms with Gasteiger partial charge in [-0.15, -0.1) is 0 Å². The van der Waals surface area contributed by atoms with Crippen molar-refractivity contribution in [3.63, 3.8) is 0 Å². The van der Waals surface area contributed by atoms with Gasteiger partial charge < -0.3 is 25.4 Å². The van der Waals surface area contributed by atoms with Crippen LogP contribution in [0.3, 0.4) is 0 Å². The molecule has 3 heterocycles. The van der Waals surface area contributed by atoms with Crippen LogP contribution >= 0.6 is 0 Å². The maximum Gasteiger partial charge on any atom is 0.125 e. The van der Waals surface area contributed by atoms with Gasteiger partial charge in [-0.25, -0.2) is 4.39 Å². The fraction of sp³-hybridized carbons (Fsp3) is 0.282. The van der Waals surface area contributed by atoms with E-state index in [2.05, 4.69) is 55.4 Å². The molecule has 0 radical (unpaired) electrons. The fourth-order valence-corrected chi connectivity index (χ4v) is 5.20. The van der Waals surface area contributed by atoms with Gasteiger partial charge in [-0.3, -0.25) is 10.1 Å². The first-order chi connectivity index (χ1) is 23.0. The topological polar surface area (TPSA) is 87.9 Å². The third-order valence-corrected chi connectivity index (χ3v) is 7.32. The SMILES string of the molecule is C=C/C=C(/c1cc(F)cc(NCCN(C)C)c1)c1cc(-c2n[nH]c(=C/C)/c2=C\C(=C)c2cncc(NC(=C)CN(C)C)c2)[nH]c1C.CC. The Morgan fingerprint density at radius 1 is 0.979 bits per heavy atom. The third-order valence-electron chi connectivity index (χ3n) is 7.32. The van der Waals surface area contributed by atoms with Crippen LogP contribution in [0.25, 0.3) is 34.7 Å². The Balaban J connectivity index is 0.00000307. The number of pyridine rings is 1. The zero-order valence-electron chi connectivity index (χ0n) is 29.8. The second-order valence-corrected chi connectivity index (χ2v) is 11.8. The largest absolute Gasteiger partial charge is 0.384 e. The summed E-state index contributed by atoms with van der Waals surface area (Å²) in [4.78, 5) is 12.1. The lowest BCUT2D eigenvalue weighted by Gasteiger charge is -2.14. The summed E-state index contributed by atoms with van der Waals surface area (Å²) in [6.07, 6.45) is 11.2. The predicted molar refractivity (Wildman–Crippen MR) is 204 cm³/mol. The van der Waals surface area contributed by atoms with Crippen molar-refractivity contribution in [1.82, 2.24) is 30.0 Å². The molecule has 0 bridgehead atoms. The minimum Gasteiger partial charge on any atom is -0.384 e. The number of hydrogen-bond donors (Lipinski definition) is 4. The summed E-state index contributed by atoms with van der Waals surface area (Å²) < 4.78 is 14.8. The molecule has 9 heteroatoms. The molecule has 4 aromatic rings. The average Bonchev–Trinajstić information content (AvgIpc) is 3.62. The number of rotatable bonds is 14. The van der Waals surface area contributed by atoms with E-state index in [1.54, 1.807) is 24.5 Å². The number of aryl methyl sites for hydroxylation is 1. The summed E-state index contributed by atoms with van der Waals surface area (Å²) in [5.74, 6) is -0.310. The number of aromatic amines is 2. The molecule has 0 aliphatic rings. The molecule has 0 fully saturated rings. The van der Waals surface area contributed by atoms with E-state index in [9.17, 15) is 4.39 Å². The second kappa shape index (κ2) is 17.8. The first-order valence-electron chi connectivity index (χ1n) is 16.2. The molecule has 0 aliphatic carbocycles. The highest BCUT2D eigenvalue weighted by molar-refractivity contribution is 5.89. The molecule has 8 nitrogen and oxygen atoms in total. The van der Waals surface area contributed by atoms with Crippen LogP contribution in [0.1, 0.15) is 43.2 Å². The summed E-state index contributed by atoms with van der Waals surface area (Å²) in [7, 11) is 8.01. The lowest BCUT2D eigenvalue weighted by Crippen LogP contribution is -2.23. The quantitative estimate of drug-likeness (QED) is 0.114. The van der Waals surface area contributed by atoms with Crippen molar-refractivity contribution in [3.8, 4) is 11.4 Å². The number of allylic oxidation sites excluding steroid dienone is 3. The van der Waals surface area contributed by atoms with Gasteiger partial charge in [0.25, 0.3) is 0 Å². The average molecular weight is 651 g/mol. The predicted octanol–water partition coefficient (Wildman–Crippen LogP) is 6.65. The van der Waals surface area contributed by atoms with E-state index in [0.717, 1.165) is 79.1 Å². The zero-order chi connectivity index (χ0) is 35.4. The van der Waals surface area contributed by atoms with E-state index >= 15 is 0 Å². The number of benzene rings is 1. The van der Waals surface area contributed by atoms with E-state index in [4.69, 9.17) is 0 Å². The summed E-state index contributed by atoms with van der Waals surface area (Å²) in [6.45, 7) is 22.6. The Bertz CT molecular complexity index is 1870. The molecule has 48 heavy (non-hydrogen) atoms. The van der Waals surface area contributed by atoms with Gasteiger partial charge in [0.2, 0.25) is 0 Å². The van der Waals surface area contributed by atoms with Crippen LogP contribution in [0.2, 0.25) is 0 Å². The summed E-state index contributed by atoms with van der Waals surface area (Å²) >= 11 is 0. The number of nitrogens with one attached hydrogen (secondary N) is 4. The van der Waals surface area contributed by atoms with Gasteiger partial charge in [0.05, 0.1) is 22.9 Å². The molecule has 0 saturated heterocycles. The Morgan fingerprint density at radius 3 is 2.38 bits per heavy atom. The van der Waals surface area contributed by atoms with Crippen LogP contribution in [-0.2, 0) is 0 Å². The molecule has 0 aliphatic heterocycles. The Hall–Kier alpha value is -4.99. The number of anilines is 2. The number of hydrogen-bond acceptors (Lipinski definition) is 6. The zero-order valence-corrected chi connectivity index (χ0v) is 29.8. The van der Waals surface area contributed by atoms with Gasteiger partial charge in [-0.2, -0.15) is 5.10 Å². The third kappa shape index (κ3) is 10.0. The van der Waals surface area contributed by atoms with E-state index in [-0.39, 0.29) is 5.82 Å². The van der Waals surface area contributed by atoms with Crippen LogP contribution in [0.15, 0.2) is 80.3 Å². The molecular weight excluding hydrogens is 599 g/mol. The van der Waals surface area contributed by atoms with E-state index in [1.165, 1.54) is 6.07 Å². The van der Waals surface area contributed by atoms with E-state index in [1.807, 2.05) is 97.2 Å². The van der Waals surface area contributed by atoms with Gasteiger partial charge in [0.15, 0.2) is 0 Å². The van der Waals surface area contributed by atoms with Crippen LogP contribution < -0.4 is 21.2 Å². The molecule has 0 amide bonds. The van der Waals surface area contributed by atoms with Crippen molar-refractivity contribution in [2.75, 3.05) is 58.5 Å². The summed E-state index contributed by atoms with van der Waals surface area (Å²) in [5, 5.41) is 16.3. The van der Waals surface area contributed by atoms with Crippen LogP contribution in [0, 0.1) is 12.7 Å². The Kier molecular flexibility index (Phi) is 13.9. The van der Waals surface area contributed by atoms with Gasteiger partial charge in [-0.05, 0) is 95.2 Å². The summed E-state index contributed by atoms with van der Waals surface area (Å²) in [5.41, 5.74) is 9.10. The molecule has 3 aromatic heterocycles. The molecule has 4 N–H and O–H groups in total. The molecule has 0 atom stereocenters. The van der Waals surface area contributed by atoms with Crippen molar-refractivity contribution in [2.24, 2.45) is 0 Å². The van der Waals surface area contributed by atoms with Crippen molar-refractivity contribution in [2.45, 2.75) is 27.7 Å². The highest BCUT2D eigenvalue weighted by Crippen LogP contribution is 2.31. The van der Waals surface area contributed by atoms with Gasteiger partial charge in [0.1, 0.15) is 11.5 Å². The Labute approximate surface area is 285 Å². The first-order valence-corrected chi connectivity index (χ1v) is 16.2. The maximum atomic E-state index is 14.8. The molecule has 4 rings (SSSR count). The first kappa shape index (κ1) is 37.5. The fourth-order valence-electron chi connectivity index (χ4n) is 5.20. The van der Waals surface area contributed by atoms with Gasteiger partial charge >= 0.3 is 0 Å². The smallest absolute Gasteiger partial charge is 0.125 e. The number of nitrogens with zero attached hydrogens (tertiary/aromatic N) is 4. The summed E-state index contributed by atoms with van der Waals surface area (Å²) in [6, 6.07) is 9.09. The molecule has 254 valence electrons. The normalized spacial score (nSPS) is 12.3. The number of H-pyrrole nitrogens is 2. The molecule has 0 spiro atoms. The maximum absolute atomic E-state index is 14.8. The molecule has 1 aromatic carbocycles. The number of likely N-dealkylation sites (N-methyl/N-ethyl adjacent to an activating group) is 2. The van der Waals surface area contributed by atoms with Crippen molar-refractivity contribution in [1.29, 1.82) is 0 Å². The molecule has 0 saturated carbocycles. The van der Waals surface area contributed by atoms with Crippen molar-refractivity contribution >= 4 is 34.7 Å². The van der Waals surface area contributed by atoms with Gasteiger partial charge in [-0.1, -0.05) is 51.8 Å². The van der Waals surface area contributed by atoms with Crippen molar-refractivity contribution < 1.29 is 4.39 Å². The van der Waals surface area contributed by atoms with Crippen LogP contribution in [0.5, 0.6) is 0 Å². The Morgan fingerprint density at radius 2 is 1.71 bits per heavy atom. The van der Waals surface area contributed by atoms with E-state index < -0.39 is 0 Å². The standard InChI is InChI=1S/C37H45FN8.C2H6/c1-10-12-32(27-16-29(38)19-30(17-27)40-13-14-45(6)7)33-20-36(42-26(33)5)37-34(35(11-2)43-44-37)15-24(3)28-18-31(22-39-21-28)41-25(4)23-46(8)9;1-2/h10-12,15-22,40-43H,1,3-4,13-14,23H2,2,5-9H3;1-2H3/b32-12-,34-15+,35-11+;. The second-order valence-electron chi connectivity index (χ2n) is 11.8. The van der Waals surface area contributed by atoms with Crippen LogP contribution in [-0.4, -0.2) is 77.8 Å².